The summed E-state index contributed by atoms with van der Waals surface area (Å²) >= 11 is 7.44. The molecule has 0 aliphatic carbocycles. The molecule has 1 N–H and O–H groups in total. The summed E-state index contributed by atoms with van der Waals surface area (Å²) < 4.78 is 5.35. The van der Waals surface area contributed by atoms with Crippen LogP contribution in [0.2, 0.25) is 5.02 Å². The second-order valence-corrected chi connectivity index (χ2v) is 7.92. The highest BCUT2D eigenvalue weighted by Gasteiger charge is 2.36. The zero-order valence-electron chi connectivity index (χ0n) is 16.2. The first-order chi connectivity index (χ1) is 12.9. The maximum atomic E-state index is 12.9. The van der Waals surface area contributed by atoms with Gasteiger partial charge >= 0.3 is 5.97 Å². The van der Waals surface area contributed by atoms with E-state index in [9.17, 15) is 9.59 Å². The van der Waals surface area contributed by atoms with Gasteiger partial charge in [-0.3, -0.25) is 4.79 Å². The normalized spacial score (nSPS) is 17.0. The van der Waals surface area contributed by atoms with Crippen LogP contribution in [-0.2, 0) is 14.3 Å². The van der Waals surface area contributed by atoms with Gasteiger partial charge in [0.15, 0.2) is 0 Å². The first kappa shape index (κ1) is 21.6. The van der Waals surface area contributed by atoms with Crippen LogP contribution in [0.5, 0.6) is 0 Å². The molecule has 1 aromatic rings. The Morgan fingerprint density at radius 3 is 2.56 bits per heavy atom. The second-order valence-electron chi connectivity index (χ2n) is 6.24. The van der Waals surface area contributed by atoms with Crippen LogP contribution < -0.4 is 5.32 Å². The molecule has 1 heterocycles. The summed E-state index contributed by atoms with van der Waals surface area (Å²) in [5, 5.41) is 3.89. The maximum absolute atomic E-state index is 12.9. The van der Waals surface area contributed by atoms with Crippen LogP contribution in [0.3, 0.4) is 0 Å². The van der Waals surface area contributed by atoms with E-state index in [1.807, 2.05) is 39.0 Å². The van der Waals surface area contributed by atoms with Gasteiger partial charge in [-0.05, 0) is 43.7 Å². The molecule has 1 aliphatic heterocycles. The monoisotopic (exact) mass is 407 g/mol. The Bertz CT molecular complexity index is 785. The Kier molecular flexibility index (Phi) is 7.99. The highest BCUT2D eigenvalue weighted by atomic mass is 35.5. The molecule has 2 rings (SSSR count). The van der Waals surface area contributed by atoms with Crippen molar-refractivity contribution in [3.8, 4) is 0 Å². The van der Waals surface area contributed by atoms with Gasteiger partial charge in [0.25, 0.3) is 0 Å². The van der Waals surface area contributed by atoms with Gasteiger partial charge in [0, 0.05) is 22.2 Å². The van der Waals surface area contributed by atoms with Gasteiger partial charge in [0.2, 0.25) is 5.12 Å². The van der Waals surface area contributed by atoms with Crippen molar-refractivity contribution in [1.29, 1.82) is 0 Å². The summed E-state index contributed by atoms with van der Waals surface area (Å²) in [6.07, 6.45) is 1.54. The Labute approximate surface area is 170 Å². The molecular formula is C21H26ClNO3S. The lowest BCUT2D eigenvalue weighted by atomic mass is 9.81. The first-order valence-electron chi connectivity index (χ1n) is 9.26. The number of ether oxygens (including phenoxy) is 1. The average molecular weight is 408 g/mol. The fourth-order valence-corrected chi connectivity index (χ4v) is 4.21. The van der Waals surface area contributed by atoms with Crippen molar-refractivity contribution in [1.82, 2.24) is 5.32 Å². The number of halogens is 1. The minimum absolute atomic E-state index is 0.00731. The summed E-state index contributed by atoms with van der Waals surface area (Å²) in [5.41, 5.74) is 3.43. The van der Waals surface area contributed by atoms with Crippen molar-refractivity contribution in [2.45, 2.75) is 40.5 Å². The van der Waals surface area contributed by atoms with Crippen LogP contribution in [-0.4, -0.2) is 23.4 Å². The molecule has 0 aromatic heterocycles. The number of thioether (sulfide) groups is 1. The van der Waals surface area contributed by atoms with Crippen LogP contribution in [0, 0.1) is 5.92 Å². The molecule has 1 aromatic carbocycles. The SMILES string of the molecule is CCCC1C(C(=O)SCC)=C(C)NC(c2cccc(Cl)c2)=C1C(=O)OCC. The van der Waals surface area contributed by atoms with E-state index < -0.39 is 5.97 Å². The third-order valence-corrected chi connectivity index (χ3v) is 5.37. The van der Waals surface area contributed by atoms with E-state index in [0.29, 0.717) is 34.0 Å². The fourth-order valence-electron chi connectivity index (χ4n) is 3.31. The van der Waals surface area contributed by atoms with Gasteiger partial charge in [0.05, 0.1) is 17.9 Å². The zero-order chi connectivity index (χ0) is 20.0. The predicted molar refractivity (Wildman–Crippen MR) is 112 cm³/mol. The third-order valence-electron chi connectivity index (χ3n) is 4.36. The van der Waals surface area contributed by atoms with Gasteiger partial charge in [-0.15, -0.1) is 0 Å². The maximum Gasteiger partial charge on any atom is 0.336 e. The van der Waals surface area contributed by atoms with Gasteiger partial charge in [-0.25, -0.2) is 4.79 Å². The number of carbonyl (C=O) groups is 2. The van der Waals surface area contributed by atoms with E-state index in [1.165, 1.54) is 11.8 Å². The largest absolute Gasteiger partial charge is 0.463 e. The summed E-state index contributed by atoms with van der Waals surface area (Å²) in [6, 6.07) is 7.35. The molecule has 1 unspecified atom stereocenters. The van der Waals surface area contributed by atoms with Gasteiger partial charge in [0.1, 0.15) is 0 Å². The van der Waals surface area contributed by atoms with E-state index in [1.54, 1.807) is 13.0 Å². The molecule has 6 heteroatoms. The Balaban J connectivity index is 2.65. The van der Waals surface area contributed by atoms with Crippen LogP contribution in [0.4, 0.5) is 0 Å². The Morgan fingerprint density at radius 1 is 1.22 bits per heavy atom. The van der Waals surface area contributed by atoms with E-state index >= 15 is 0 Å². The summed E-state index contributed by atoms with van der Waals surface area (Å²) in [7, 11) is 0. The van der Waals surface area contributed by atoms with Crippen LogP contribution in [0.25, 0.3) is 5.70 Å². The van der Waals surface area contributed by atoms with Gasteiger partial charge < -0.3 is 10.1 Å². The molecule has 0 amide bonds. The molecule has 0 saturated carbocycles. The number of rotatable bonds is 7. The molecule has 0 fully saturated rings. The first-order valence-corrected chi connectivity index (χ1v) is 10.6. The smallest absolute Gasteiger partial charge is 0.336 e. The zero-order valence-corrected chi connectivity index (χ0v) is 17.8. The lowest BCUT2D eigenvalue weighted by Gasteiger charge is -2.31. The second kappa shape index (κ2) is 10.00. The number of nitrogens with one attached hydrogen (secondary N) is 1. The number of allylic oxidation sites excluding steroid dienone is 1. The van der Waals surface area contributed by atoms with Crippen molar-refractivity contribution in [3.63, 3.8) is 0 Å². The molecule has 1 aliphatic rings. The highest BCUT2D eigenvalue weighted by molar-refractivity contribution is 8.14. The third kappa shape index (κ3) is 4.96. The highest BCUT2D eigenvalue weighted by Crippen LogP contribution is 2.39. The van der Waals surface area contributed by atoms with Crippen molar-refractivity contribution < 1.29 is 14.3 Å². The van der Waals surface area contributed by atoms with Gasteiger partial charge in [-0.2, -0.15) is 0 Å². The van der Waals surface area contributed by atoms with Crippen molar-refractivity contribution in [2.75, 3.05) is 12.4 Å². The molecule has 1 atom stereocenters. The summed E-state index contributed by atoms with van der Waals surface area (Å²) in [6.45, 7) is 7.94. The molecule has 27 heavy (non-hydrogen) atoms. The standard InChI is InChI=1S/C21H26ClNO3S/c1-5-9-16-17(21(25)27-7-3)13(4)23-19(18(16)20(24)26-6-2)14-10-8-11-15(22)12-14/h8,10-12,16,23H,5-7,9H2,1-4H3. The topological polar surface area (TPSA) is 55.4 Å². The van der Waals surface area contributed by atoms with Crippen molar-refractivity contribution >= 4 is 40.1 Å². The van der Waals surface area contributed by atoms with E-state index in [2.05, 4.69) is 5.32 Å². The van der Waals surface area contributed by atoms with Crippen LogP contribution >= 0.6 is 23.4 Å². The lowest BCUT2D eigenvalue weighted by molar-refractivity contribution is -0.139. The molecule has 4 nitrogen and oxygen atoms in total. The number of dihydropyridines is 1. The average Bonchev–Trinajstić information content (AvgIpc) is 2.62. The van der Waals surface area contributed by atoms with Gasteiger partial charge in [-0.1, -0.05) is 55.8 Å². The number of hydrogen-bond acceptors (Lipinski definition) is 5. The van der Waals surface area contributed by atoms with Crippen LogP contribution in [0.1, 0.15) is 46.1 Å². The minimum atomic E-state index is -0.391. The fraction of sp³-hybridized carbons (Fsp3) is 0.429. The quantitative estimate of drug-likeness (QED) is 0.630. The van der Waals surface area contributed by atoms with Crippen molar-refractivity contribution in [2.24, 2.45) is 5.92 Å². The number of hydrogen-bond donors (Lipinski definition) is 1. The van der Waals surface area contributed by atoms with E-state index in [0.717, 1.165) is 17.7 Å². The predicted octanol–water partition coefficient (Wildman–Crippen LogP) is 5.19. The summed E-state index contributed by atoms with van der Waals surface area (Å²) in [5.74, 6) is 0.00203. The Morgan fingerprint density at radius 2 is 1.96 bits per heavy atom. The summed E-state index contributed by atoms with van der Waals surface area (Å²) in [4.78, 5) is 25.7. The molecule has 0 spiro atoms. The molecule has 0 radical (unpaired) electrons. The molecule has 0 bridgehead atoms. The van der Waals surface area contributed by atoms with E-state index in [-0.39, 0.29) is 17.6 Å². The molecule has 146 valence electrons. The number of benzene rings is 1. The molecular weight excluding hydrogens is 382 g/mol. The lowest BCUT2D eigenvalue weighted by Crippen LogP contribution is -2.32. The molecule has 0 saturated heterocycles. The Hall–Kier alpha value is -1.72. The van der Waals surface area contributed by atoms with Crippen LogP contribution in [0.15, 0.2) is 41.1 Å². The van der Waals surface area contributed by atoms with Crippen molar-refractivity contribution in [3.05, 3.63) is 51.7 Å². The number of esters is 1. The number of carbonyl (C=O) groups excluding carboxylic acids is 2. The van der Waals surface area contributed by atoms with E-state index in [4.69, 9.17) is 16.3 Å². The minimum Gasteiger partial charge on any atom is -0.463 e.